The smallest absolute Gasteiger partial charge is 0.227 e. The maximum Gasteiger partial charge on any atom is 0.227 e. The van der Waals surface area contributed by atoms with Crippen molar-refractivity contribution in [1.29, 1.82) is 0 Å². The summed E-state index contributed by atoms with van der Waals surface area (Å²) in [5.74, 6) is 0.562. The molecule has 0 bridgehead atoms. The highest BCUT2D eigenvalue weighted by atomic mass is 32.1. The molecule has 7 heteroatoms. The Hall–Kier alpha value is -1.57. The number of anilines is 1. The zero-order chi connectivity index (χ0) is 24.0. The van der Waals surface area contributed by atoms with E-state index in [0.29, 0.717) is 18.3 Å². The first-order chi connectivity index (χ1) is 16.5. The van der Waals surface area contributed by atoms with Crippen molar-refractivity contribution < 1.29 is 9.59 Å². The molecule has 1 spiro atoms. The number of benzene rings is 1. The lowest BCUT2D eigenvalue weighted by Crippen LogP contribution is -2.48. The summed E-state index contributed by atoms with van der Waals surface area (Å²) in [6.07, 6.45) is 9.61. The number of hydrogen-bond acceptors (Lipinski definition) is 6. The number of likely N-dealkylation sites (N-methyl/N-ethyl adjacent to an activating group) is 1. The van der Waals surface area contributed by atoms with Crippen LogP contribution in [0.2, 0.25) is 0 Å². The van der Waals surface area contributed by atoms with Crippen molar-refractivity contribution in [2.75, 3.05) is 57.8 Å². The van der Waals surface area contributed by atoms with Gasteiger partial charge in [-0.05, 0) is 87.1 Å². The molecule has 1 atom stereocenters. The first kappa shape index (κ1) is 25.5. The second-order valence-electron chi connectivity index (χ2n) is 10.7. The van der Waals surface area contributed by atoms with Crippen LogP contribution < -0.4 is 10.2 Å². The predicted octanol–water partition coefficient (Wildman–Crippen LogP) is 3.73. The van der Waals surface area contributed by atoms with E-state index in [1.807, 2.05) is 6.07 Å². The molecule has 0 saturated carbocycles. The Bertz CT molecular complexity index is 809. The lowest BCUT2D eigenvalue weighted by molar-refractivity contribution is -0.122. The molecule has 1 unspecified atom stereocenters. The van der Waals surface area contributed by atoms with Crippen molar-refractivity contribution in [3.63, 3.8) is 0 Å². The topological polar surface area (TPSA) is 55.9 Å². The van der Waals surface area contributed by atoms with Gasteiger partial charge in [-0.3, -0.25) is 9.10 Å². The number of likely N-dealkylation sites (tertiary alicyclic amines) is 1. The van der Waals surface area contributed by atoms with Gasteiger partial charge in [0.1, 0.15) is 6.29 Å². The van der Waals surface area contributed by atoms with Gasteiger partial charge < -0.3 is 19.9 Å². The second kappa shape index (κ2) is 11.9. The number of nitrogens with zero attached hydrogens (tertiary/aromatic N) is 3. The SMILES string of the molecule is CNC(=O)C(CCC=O)c1cccc(N2CCC3(CCN(CC4CCN(S)CC4)CC3)CC2)c1. The Morgan fingerprint density at radius 3 is 2.44 bits per heavy atom. The molecule has 3 fully saturated rings. The molecular formula is C27H42N4O2S. The highest BCUT2D eigenvalue weighted by Gasteiger charge is 2.38. The van der Waals surface area contributed by atoms with Crippen LogP contribution in [0.15, 0.2) is 24.3 Å². The average molecular weight is 487 g/mol. The first-order valence-corrected chi connectivity index (χ1v) is 13.6. The number of thiol groups is 1. The van der Waals surface area contributed by atoms with Gasteiger partial charge in [-0.2, -0.15) is 0 Å². The largest absolute Gasteiger partial charge is 0.371 e. The van der Waals surface area contributed by atoms with Gasteiger partial charge in [0.25, 0.3) is 0 Å². The van der Waals surface area contributed by atoms with Gasteiger partial charge in [0.2, 0.25) is 5.91 Å². The maximum absolute atomic E-state index is 12.4. The normalized spacial score (nSPS) is 23.1. The summed E-state index contributed by atoms with van der Waals surface area (Å²) in [5.41, 5.74) is 2.73. The lowest BCUT2D eigenvalue weighted by Gasteiger charge is -2.48. The van der Waals surface area contributed by atoms with Crippen LogP contribution in [-0.4, -0.2) is 74.3 Å². The van der Waals surface area contributed by atoms with Crippen LogP contribution in [0.3, 0.4) is 0 Å². The average Bonchev–Trinajstić information content (AvgIpc) is 2.87. The zero-order valence-electron chi connectivity index (χ0n) is 20.8. The number of carbonyl (C=O) groups excluding carboxylic acids is 2. The number of rotatable bonds is 8. The molecule has 1 N–H and O–H groups in total. The van der Waals surface area contributed by atoms with Gasteiger partial charge >= 0.3 is 0 Å². The molecule has 1 amide bonds. The standard InChI is InChI=1S/C27H42N4O2S/c1-28-26(33)25(6-3-19-32)23-4-2-5-24(20-23)30-17-11-27(12-18-30)9-15-29(16-10-27)21-22-7-13-31(34)14-8-22/h2,4-5,19-20,22,25,34H,3,6-18,21H2,1H3,(H,28,33). The minimum Gasteiger partial charge on any atom is -0.371 e. The zero-order valence-corrected chi connectivity index (χ0v) is 21.6. The third kappa shape index (κ3) is 6.35. The Morgan fingerprint density at radius 1 is 1.12 bits per heavy atom. The van der Waals surface area contributed by atoms with E-state index < -0.39 is 0 Å². The van der Waals surface area contributed by atoms with Gasteiger partial charge in [-0.1, -0.05) is 24.9 Å². The fourth-order valence-electron chi connectivity index (χ4n) is 6.21. The fraction of sp³-hybridized carbons (Fsp3) is 0.704. The molecule has 6 nitrogen and oxygen atoms in total. The highest BCUT2D eigenvalue weighted by molar-refractivity contribution is 7.77. The molecule has 0 radical (unpaired) electrons. The lowest BCUT2D eigenvalue weighted by atomic mass is 9.71. The predicted molar refractivity (Wildman–Crippen MR) is 141 cm³/mol. The van der Waals surface area contributed by atoms with E-state index >= 15 is 0 Å². The van der Waals surface area contributed by atoms with Crippen LogP contribution in [0.1, 0.15) is 62.8 Å². The Kier molecular flexibility index (Phi) is 8.94. The Labute approximate surface area is 211 Å². The van der Waals surface area contributed by atoms with Crippen molar-refractivity contribution in [2.24, 2.45) is 11.3 Å². The highest BCUT2D eigenvalue weighted by Crippen LogP contribution is 2.42. The van der Waals surface area contributed by atoms with Gasteiger partial charge in [-0.25, -0.2) is 0 Å². The molecule has 0 aromatic heterocycles. The minimum atomic E-state index is -0.268. The van der Waals surface area contributed by atoms with E-state index in [2.05, 4.69) is 50.4 Å². The quantitative estimate of drug-likeness (QED) is 0.433. The molecule has 1 aromatic rings. The van der Waals surface area contributed by atoms with E-state index in [1.165, 1.54) is 63.8 Å². The molecule has 3 heterocycles. The van der Waals surface area contributed by atoms with Crippen molar-refractivity contribution in [3.05, 3.63) is 29.8 Å². The van der Waals surface area contributed by atoms with E-state index in [1.54, 1.807) is 7.05 Å². The molecule has 188 valence electrons. The van der Waals surface area contributed by atoms with E-state index in [0.717, 1.165) is 43.9 Å². The first-order valence-electron chi connectivity index (χ1n) is 13.2. The van der Waals surface area contributed by atoms with Gasteiger partial charge in [-0.15, -0.1) is 0 Å². The Balaban J connectivity index is 1.29. The van der Waals surface area contributed by atoms with Crippen molar-refractivity contribution >= 4 is 30.7 Å². The molecule has 34 heavy (non-hydrogen) atoms. The van der Waals surface area contributed by atoms with Crippen LogP contribution in [0.5, 0.6) is 0 Å². The van der Waals surface area contributed by atoms with Crippen molar-refractivity contribution in [3.8, 4) is 0 Å². The van der Waals surface area contributed by atoms with Crippen LogP contribution in [0.4, 0.5) is 5.69 Å². The summed E-state index contributed by atoms with van der Waals surface area (Å²) in [6.45, 7) is 8.20. The molecule has 3 aliphatic rings. The molecule has 3 saturated heterocycles. The summed E-state index contributed by atoms with van der Waals surface area (Å²) in [6, 6.07) is 8.42. The van der Waals surface area contributed by atoms with Crippen LogP contribution in [0, 0.1) is 11.3 Å². The van der Waals surface area contributed by atoms with Gasteiger partial charge in [0.15, 0.2) is 0 Å². The molecule has 4 rings (SSSR count). The number of carbonyl (C=O) groups is 2. The number of piperidine rings is 3. The van der Waals surface area contributed by atoms with Crippen molar-refractivity contribution in [1.82, 2.24) is 14.5 Å². The summed E-state index contributed by atoms with van der Waals surface area (Å²) in [5, 5.41) is 2.76. The third-order valence-electron chi connectivity index (χ3n) is 8.62. The maximum atomic E-state index is 12.4. The number of amides is 1. The van der Waals surface area contributed by atoms with Crippen LogP contribution in [0.25, 0.3) is 0 Å². The number of aldehydes is 1. The fourth-order valence-corrected chi connectivity index (χ4v) is 6.44. The van der Waals surface area contributed by atoms with Gasteiger partial charge in [0.05, 0.1) is 5.92 Å². The monoisotopic (exact) mass is 486 g/mol. The second-order valence-corrected chi connectivity index (χ2v) is 11.3. The summed E-state index contributed by atoms with van der Waals surface area (Å²) < 4.78 is 2.16. The molecule has 0 aliphatic carbocycles. The van der Waals surface area contributed by atoms with E-state index in [4.69, 9.17) is 0 Å². The number of nitrogens with one attached hydrogen (secondary N) is 1. The summed E-state index contributed by atoms with van der Waals surface area (Å²) >= 11 is 4.49. The number of hydrogen-bond donors (Lipinski definition) is 2. The Morgan fingerprint density at radius 2 is 1.79 bits per heavy atom. The van der Waals surface area contributed by atoms with E-state index in [-0.39, 0.29) is 11.8 Å². The minimum absolute atomic E-state index is 0.0143. The molecule has 3 aliphatic heterocycles. The van der Waals surface area contributed by atoms with Gasteiger partial charge in [0, 0.05) is 51.9 Å². The molecule has 1 aromatic carbocycles. The van der Waals surface area contributed by atoms with Crippen LogP contribution >= 0.6 is 12.8 Å². The summed E-state index contributed by atoms with van der Waals surface area (Å²) in [4.78, 5) is 28.5. The summed E-state index contributed by atoms with van der Waals surface area (Å²) in [7, 11) is 1.67. The molecular weight excluding hydrogens is 444 g/mol. The van der Waals surface area contributed by atoms with Crippen molar-refractivity contribution in [2.45, 2.75) is 57.3 Å². The third-order valence-corrected chi connectivity index (χ3v) is 9.02. The van der Waals surface area contributed by atoms with Crippen LogP contribution in [-0.2, 0) is 9.59 Å². The van der Waals surface area contributed by atoms with E-state index in [9.17, 15) is 9.59 Å².